The lowest BCUT2D eigenvalue weighted by molar-refractivity contribution is 0.0984. The largest absolute Gasteiger partial charge is 0.337 e. The van der Waals surface area contributed by atoms with Gasteiger partial charge in [-0.3, -0.25) is 14.5 Å². The third kappa shape index (κ3) is 3.66. The summed E-state index contributed by atoms with van der Waals surface area (Å²) in [7, 11) is 1.80. The average Bonchev–Trinajstić information content (AvgIpc) is 3.44. The Balaban J connectivity index is 1.43. The van der Waals surface area contributed by atoms with Gasteiger partial charge in [-0.15, -0.1) is 5.10 Å². The highest BCUT2D eigenvalue weighted by molar-refractivity contribution is 6.01. The Hall–Kier alpha value is -3.55. The number of anilines is 1. The van der Waals surface area contributed by atoms with E-state index in [1.165, 1.54) is 6.42 Å². The molecule has 5 rings (SSSR count). The molecule has 0 spiro atoms. The minimum Gasteiger partial charge on any atom is -0.337 e. The van der Waals surface area contributed by atoms with Gasteiger partial charge in [0, 0.05) is 43.5 Å². The SMILES string of the molecule is Cc1cc(C)nc(-c2cnn(C)c2C(=O)Cc2ccn3nc(N4CCC[C@@H]4C)nc3c2)c1. The molecule has 0 saturated carbocycles. The summed E-state index contributed by atoms with van der Waals surface area (Å²) in [6.45, 7) is 7.18. The second-order valence-electron chi connectivity index (χ2n) is 8.74. The van der Waals surface area contributed by atoms with E-state index in [2.05, 4.69) is 27.0 Å². The van der Waals surface area contributed by atoms with Crippen LogP contribution in [0.25, 0.3) is 16.9 Å². The molecule has 1 atom stereocenters. The first-order valence-electron chi connectivity index (χ1n) is 11.0. The summed E-state index contributed by atoms with van der Waals surface area (Å²) in [5.74, 6) is 0.756. The van der Waals surface area contributed by atoms with Crippen LogP contribution < -0.4 is 4.90 Å². The Morgan fingerprint density at radius 3 is 2.78 bits per heavy atom. The Labute approximate surface area is 186 Å². The molecule has 1 saturated heterocycles. The normalized spacial score (nSPS) is 16.2. The van der Waals surface area contributed by atoms with Gasteiger partial charge in [-0.1, -0.05) is 0 Å². The highest BCUT2D eigenvalue weighted by Gasteiger charge is 2.24. The summed E-state index contributed by atoms with van der Waals surface area (Å²) in [6.07, 6.45) is 6.19. The lowest BCUT2D eigenvalue weighted by Gasteiger charge is -2.18. The van der Waals surface area contributed by atoms with Crippen molar-refractivity contribution in [2.45, 2.75) is 46.1 Å². The Kier molecular flexibility index (Phi) is 5.00. The zero-order valence-electron chi connectivity index (χ0n) is 18.9. The molecule has 1 fully saturated rings. The van der Waals surface area contributed by atoms with Crippen molar-refractivity contribution in [3.05, 3.63) is 59.2 Å². The first-order chi connectivity index (χ1) is 15.4. The number of carbonyl (C=O) groups excluding carboxylic acids is 1. The van der Waals surface area contributed by atoms with E-state index in [1.54, 1.807) is 22.4 Å². The predicted octanol–water partition coefficient (Wildman–Crippen LogP) is 3.56. The smallest absolute Gasteiger partial charge is 0.245 e. The van der Waals surface area contributed by atoms with E-state index in [-0.39, 0.29) is 12.2 Å². The molecular formula is C24H27N7O. The molecule has 0 N–H and O–H groups in total. The molecule has 1 aliphatic heterocycles. The Morgan fingerprint density at radius 2 is 2.03 bits per heavy atom. The van der Waals surface area contributed by atoms with E-state index >= 15 is 0 Å². The zero-order valence-corrected chi connectivity index (χ0v) is 18.9. The van der Waals surface area contributed by atoms with Crippen molar-refractivity contribution in [2.24, 2.45) is 7.05 Å². The molecule has 0 aromatic carbocycles. The third-order valence-corrected chi connectivity index (χ3v) is 6.14. The zero-order chi connectivity index (χ0) is 22.4. The fraction of sp³-hybridized carbons (Fsp3) is 0.375. The van der Waals surface area contributed by atoms with Crippen LogP contribution >= 0.6 is 0 Å². The van der Waals surface area contributed by atoms with Crippen LogP contribution in [-0.4, -0.2) is 47.7 Å². The number of ketones is 1. The monoisotopic (exact) mass is 429 g/mol. The van der Waals surface area contributed by atoms with Crippen molar-refractivity contribution in [1.29, 1.82) is 0 Å². The fourth-order valence-corrected chi connectivity index (χ4v) is 4.58. The first-order valence-corrected chi connectivity index (χ1v) is 11.0. The van der Waals surface area contributed by atoms with Crippen LogP contribution in [0.1, 0.15) is 47.1 Å². The molecule has 1 aliphatic rings. The number of nitrogens with zero attached hydrogens (tertiary/aromatic N) is 7. The predicted molar refractivity (Wildman–Crippen MR) is 123 cm³/mol. The summed E-state index contributed by atoms with van der Waals surface area (Å²) in [6, 6.07) is 8.34. The maximum absolute atomic E-state index is 13.3. The van der Waals surface area contributed by atoms with Gasteiger partial charge in [0.05, 0.1) is 11.9 Å². The molecule has 4 aromatic heterocycles. The van der Waals surface area contributed by atoms with Gasteiger partial charge in [-0.2, -0.15) is 10.1 Å². The van der Waals surface area contributed by atoms with Gasteiger partial charge < -0.3 is 4.90 Å². The summed E-state index contributed by atoms with van der Waals surface area (Å²) >= 11 is 0. The number of Topliss-reactive ketones (excluding diaryl/α,β-unsaturated/α-hetero) is 1. The van der Waals surface area contributed by atoms with Gasteiger partial charge >= 0.3 is 0 Å². The number of aryl methyl sites for hydroxylation is 3. The third-order valence-electron chi connectivity index (χ3n) is 6.14. The minimum absolute atomic E-state index is 0.00165. The lowest BCUT2D eigenvalue weighted by Crippen LogP contribution is -2.27. The van der Waals surface area contributed by atoms with Crippen molar-refractivity contribution in [1.82, 2.24) is 29.4 Å². The minimum atomic E-state index is -0.00165. The molecule has 0 radical (unpaired) electrons. The van der Waals surface area contributed by atoms with Crippen molar-refractivity contribution >= 4 is 17.4 Å². The first kappa shape index (κ1) is 20.4. The van der Waals surface area contributed by atoms with E-state index in [9.17, 15) is 4.79 Å². The number of carbonyl (C=O) groups is 1. The second-order valence-corrected chi connectivity index (χ2v) is 8.74. The molecular weight excluding hydrogens is 402 g/mol. The molecule has 0 amide bonds. The topological polar surface area (TPSA) is 81.2 Å². The number of pyridine rings is 2. The molecule has 8 nitrogen and oxygen atoms in total. The van der Waals surface area contributed by atoms with Gasteiger partial charge in [-0.05, 0) is 69.0 Å². The van der Waals surface area contributed by atoms with Crippen LogP contribution in [0.2, 0.25) is 0 Å². The number of hydrogen-bond acceptors (Lipinski definition) is 6. The van der Waals surface area contributed by atoms with Gasteiger partial charge in [0.2, 0.25) is 5.95 Å². The van der Waals surface area contributed by atoms with Gasteiger partial charge in [0.1, 0.15) is 5.69 Å². The fourth-order valence-electron chi connectivity index (χ4n) is 4.58. The number of hydrogen-bond donors (Lipinski definition) is 0. The molecule has 8 heteroatoms. The van der Waals surface area contributed by atoms with Crippen molar-refractivity contribution < 1.29 is 4.79 Å². The number of aromatic nitrogens is 6. The van der Waals surface area contributed by atoms with Crippen molar-refractivity contribution in [3.63, 3.8) is 0 Å². The maximum Gasteiger partial charge on any atom is 0.245 e. The molecule has 164 valence electrons. The molecule has 0 aliphatic carbocycles. The molecule has 32 heavy (non-hydrogen) atoms. The van der Waals surface area contributed by atoms with Crippen molar-refractivity contribution in [3.8, 4) is 11.3 Å². The second kappa shape index (κ2) is 7.85. The molecule has 4 aromatic rings. The van der Waals surface area contributed by atoms with Crippen LogP contribution in [0.3, 0.4) is 0 Å². The maximum atomic E-state index is 13.3. The summed E-state index contributed by atoms with van der Waals surface area (Å²) in [4.78, 5) is 24.9. The van der Waals surface area contributed by atoms with E-state index in [1.807, 2.05) is 44.3 Å². The van der Waals surface area contributed by atoms with Crippen LogP contribution in [0.5, 0.6) is 0 Å². The Morgan fingerprint density at radius 1 is 1.19 bits per heavy atom. The van der Waals surface area contributed by atoms with Gasteiger partial charge in [-0.25, -0.2) is 4.52 Å². The van der Waals surface area contributed by atoms with Crippen LogP contribution in [0, 0.1) is 13.8 Å². The molecule has 0 unspecified atom stereocenters. The average molecular weight is 430 g/mol. The molecule has 0 bridgehead atoms. The van der Waals surface area contributed by atoms with E-state index in [0.29, 0.717) is 11.7 Å². The number of rotatable bonds is 5. The van der Waals surface area contributed by atoms with Crippen LogP contribution in [-0.2, 0) is 13.5 Å². The van der Waals surface area contributed by atoms with E-state index < -0.39 is 0 Å². The summed E-state index contributed by atoms with van der Waals surface area (Å²) < 4.78 is 3.42. The van der Waals surface area contributed by atoms with E-state index in [4.69, 9.17) is 4.98 Å². The highest BCUT2D eigenvalue weighted by atomic mass is 16.1. The highest BCUT2D eigenvalue weighted by Crippen LogP contribution is 2.25. The number of fused-ring (bicyclic) bond motifs is 1. The lowest BCUT2D eigenvalue weighted by atomic mass is 10.0. The quantitative estimate of drug-likeness (QED) is 0.451. The summed E-state index contributed by atoms with van der Waals surface area (Å²) in [5, 5.41) is 8.97. The van der Waals surface area contributed by atoms with Crippen molar-refractivity contribution in [2.75, 3.05) is 11.4 Å². The van der Waals surface area contributed by atoms with Crippen LogP contribution in [0.4, 0.5) is 5.95 Å². The summed E-state index contributed by atoms with van der Waals surface area (Å²) in [5.41, 5.74) is 5.78. The Bertz CT molecular complexity index is 1300. The van der Waals surface area contributed by atoms with Gasteiger partial charge in [0.15, 0.2) is 11.4 Å². The van der Waals surface area contributed by atoms with E-state index in [0.717, 1.165) is 52.6 Å². The van der Waals surface area contributed by atoms with Crippen LogP contribution in [0.15, 0.2) is 36.7 Å². The molecule has 5 heterocycles. The standard InChI is InChI=1S/C24H27N7O/c1-15-10-16(2)26-20(11-15)19-14-25-29(4)23(19)21(32)12-18-7-9-31-22(13-18)27-24(28-31)30-8-5-6-17(30)3/h7,9-11,13-14,17H,5-6,8,12H2,1-4H3/t17-/m0/s1. The van der Waals surface area contributed by atoms with Gasteiger partial charge in [0.25, 0.3) is 0 Å².